The Hall–Kier alpha value is -2.67. The number of carbonyl (C=O) groups is 1. The van der Waals surface area contributed by atoms with Crippen molar-refractivity contribution in [2.75, 3.05) is 41.8 Å². The Morgan fingerprint density at radius 1 is 1.10 bits per heavy atom. The van der Waals surface area contributed by atoms with Crippen molar-refractivity contribution in [3.63, 3.8) is 0 Å². The van der Waals surface area contributed by atoms with Gasteiger partial charge in [0.1, 0.15) is 17.5 Å². The number of carbonyl (C=O) groups excluding carboxylic acids is 1. The molecule has 7 heteroatoms. The fraction of sp³-hybridized carbons (Fsp3) is 0.500. The van der Waals surface area contributed by atoms with Crippen LogP contribution in [0.2, 0.25) is 0 Å². The van der Waals surface area contributed by atoms with Gasteiger partial charge in [-0.05, 0) is 49.9 Å². The number of morpholine rings is 1. The normalized spacial score (nSPS) is 17.3. The Morgan fingerprint density at radius 3 is 2.52 bits per heavy atom. The predicted octanol–water partition coefficient (Wildman–Crippen LogP) is 3.88. The van der Waals surface area contributed by atoms with Crippen molar-refractivity contribution in [1.82, 2.24) is 9.97 Å². The Morgan fingerprint density at radius 2 is 1.79 bits per heavy atom. The van der Waals surface area contributed by atoms with Crippen LogP contribution in [-0.2, 0) is 9.53 Å². The van der Waals surface area contributed by atoms with Gasteiger partial charge in [-0.3, -0.25) is 4.79 Å². The average molecular weight is 396 g/mol. The summed E-state index contributed by atoms with van der Waals surface area (Å²) in [5, 5.41) is 6.35. The highest BCUT2D eigenvalue weighted by molar-refractivity contribution is 5.91. The van der Waals surface area contributed by atoms with Crippen molar-refractivity contribution in [3.05, 3.63) is 36.2 Å². The van der Waals surface area contributed by atoms with Gasteiger partial charge in [0.25, 0.3) is 0 Å². The monoisotopic (exact) mass is 395 g/mol. The van der Waals surface area contributed by atoms with Crippen LogP contribution in [0.5, 0.6) is 0 Å². The lowest BCUT2D eigenvalue weighted by atomic mass is 10.0. The van der Waals surface area contributed by atoms with E-state index in [0.29, 0.717) is 12.3 Å². The first-order valence-electron chi connectivity index (χ1n) is 10.5. The van der Waals surface area contributed by atoms with Crippen molar-refractivity contribution in [2.24, 2.45) is 5.92 Å². The number of nitrogens with zero attached hydrogens (tertiary/aromatic N) is 3. The molecule has 1 aliphatic heterocycles. The third-order valence-corrected chi connectivity index (χ3v) is 5.55. The molecule has 1 aliphatic carbocycles. The van der Waals surface area contributed by atoms with E-state index in [1.807, 2.05) is 37.3 Å². The smallest absolute Gasteiger partial charge is 0.224 e. The van der Waals surface area contributed by atoms with Gasteiger partial charge in [0.2, 0.25) is 5.91 Å². The molecule has 0 bridgehead atoms. The van der Waals surface area contributed by atoms with Crippen molar-refractivity contribution in [3.8, 4) is 0 Å². The summed E-state index contributed by atoms with van der Waals surface area (Å²) in [7, 11) is 0. The molecule has 0 unspecified atom stereocenters. The minimum absolute atomic E-state index is 0.110. The second-order valence-electron chi connectivity index (χ2n) is 7.86. The van der Waals surface area contributed by atoms with E-state index < -0.39 is 0 Å². The van der Waals surface area contributed by atoms with E-state index in [4.69, 9.17) is 4.74 Å². The maximum absolute atomic E-state index is 12.2. The molecule has 154 valence electrons. The highest BCUT2D eigenvalue weighted by Gasteiger charge is 2.18. The Balaban J connectivity index is 1.37. The lowest BCUT2D eigenvalue weighted by Crippen LogP contribution is -2.36. The molecule has 7 nitrogen and oxygen atoms in total. The number of rotatable bonds is 6. The highest BCUT2D eigenvalue weighted by Crippen LogP contribution is 2.28. The van der Waals surface area contributed by atoms with Gasteiger partial charge in [-0.2, -0.15) is 0 Å². The molecule has 2 aliphatic rings. The molecule has 4 rings (SSSR count). The van der Waals surface area contributed by atoms with Gasteiger partial charge in [-0.25, -0.2) is 9.97 Å². The molecule has 29 heavy (non-hydrogen) atoms. The molecular formula is C22H29N5O2. The summed E-state index contributed by atoms with van der Waals surface area (Å²) >= 11 is 0. The van der Waals surface area contributed by atoms with Gasteiger partial charge in [0.15, 0.2) is 0 Å². The lowest BCUT2D eigenvalue weighted by Gasteiger charge is -2.28. The first-order valence-corrected chi connectivity index (χ1v) is 10.5. The number of anilines is 4. The quantitative estimate of drug-likeness (QED) is 0.773. The second-order valence-corrected chi connectivity index (χ2v) is 7.86. The Kier molecular flexibility index (Phi) is 6.24. The van der Waals surface area contributed by atoms with Crippen LogP contribution in [0.4, 0.5) is 23.0 Å². The number of benzene rings is 1. The zero-order valence-electron chi connectivity index (χ0n) is 17.0. The number of nitrogens with one attached hydrogen (secondary N) is 2. The maximum Gasteiger partial charge on any atom is 0.224 e. The zero-order chi connectivity index (χ0) is 20.1. The molecule has 0 radical (unpaired) electrons. The molecule has 1 saturated heterocycles. The zero-order valence-corrected chi connectivity index (χ0v) is 17.0. The number of aromatic nitrogens is 2. The van der Waals surface area contributed by atoms with E-state index in [-0.39, 0.29) is 5.91 Å². The molecule has 2 aromatic rings. The second kappa shape index (κ2) is 9.22. The van der Waals surface area contributed by atoms with E-state index >= 15 is 0 Å². The summed E-state index contributed by atoms with van der Waals surface area (Å²) < 4.78 is 5.42. The van der Waals surface area contributed by atoms with Crippen LogP contribution in [0, 0.1) is 12.8 Å². The highest BCUT2D eigenvalue weighted by atomic mass is 16.5. The van der Waals surface area contributed by atoms with Gasteiger partial charge in [0, 0.05) is 37.0 Å². The van der Waals surface area contributed by atoms with Crippen LogP contribution >= 0.6 is 0 Å². The van der Waals surface area contributed by atoms with E-state index in [9.17, 15) is 4.79 Å². The number of aryl methyl sites for hydroxylation is 1. The third-order valence-electron chi connectivity index (χ3n) is 5.55. The molecular weight excluding hydrogens is 366 g/mol. The topological polar surface area (TPSA) is 79.4 Å². The SMILES string of the molecule is Cc1nc(Nc2ccc(NC(=O)CC3CCCC3)cc2)cc(N2CCOCC2)n1. The minimum Gasteiger partial charge on any atom is -0.378 e. The number of ether oxygens (including phenoxy) is 1. The summed E-state index contributed by atoms with van der Waals surface area (Å²) in [6.45, 7) is 5.02. The first kappa shape index (κ1) is 19.6. The van der Waals surface area contributed by atoms with Gasteiger partial charge in [0.05, 0.1) is 13.2 Å². The molecule has 2 fully saturated rings. The first-order chi connectivity index (χ1) is 14.2. The fourth-order valence-corrected chi connectivity index (χ4v) is 4.04. The van der Waals surface area contributed by atoms with Gasteiger partial charge < -0.3 is 20.3 Å². The standard InChI is InChI=1S/C22H29N5O2/c1-16-23-20(15-21(24-16)27-10-12-29-13-11-27)25-18-6-8-19(9-7-18)26-22(28)14-17-4-2-3-5-17/h6-9,15,17H,2-5,10-14H2,1H3,(H,26,28)(H,23,24,25). The molecule has 2 N–H and O–H groups in total. The molecule has 0 spiro atoms. The number of amides is 1. The number of hydrogen-bond donors (Lipinski definition) is 2. The van der Waals surface area contributed by atoms with Crippen molar-refractivity contribution < 1.29 is 9.53 Å². The Bertz CT molecular complexity index is 828. The van der Waals surface area contributed by atoms with Crippen LogP contribution in [-0.4, -0.2) is 42.2 Å². The van der Waals surface area contributed by atoms with Crippen LogP contribution < -0.4 is 15.5 Å². The third kappa shape index (κ3) is 5.44. The molecule has 2 heterocycles. The largest absolute Gasteiger partial charge is 0.378 e. The van der Waals surface area contributed by atoms with Gasteiger partial charge in [-0.1, -0.05) is 12.8 Å². The van der Waals surface area contributed by atoms with Gasteiger partial charge in [-0.15, -0.1) is 0 Å². The fourth-order valence-electron chi connectivity index (χ4n) is 4.04. The van der Waals surface area contributed by atoms with E-state index in [1.54, 1.807) is 0 Å². The van der Waals surface area contributed by atoms with Crippen LogP contribution in [0.25, 0.3) is 0 Å². The maximum atomic E-state index is 12.2. The van der Waals surface area contributed by atoms with Crippen LogP contribution in [0.3, 0.4) is 0 Å². The van der Waals surface area contributed by atoms with E-state index in [1.165, 1.54) is 25.7 Å². The molecule has 1 aromatic heterocycles. The Labute approximate surface area is 171 Å². The number of hydrogen-bond acceptors (Lipinski definition) is 6. The summed E-state index contributed by atoms with van der Waals surface area (Å²) in [5.41, 5.74) is 1.75. The average Bonchev–Trinajstić information content (AvgIpc) is 3.22. The molecule has 1 amide bonds. The van der Waals surface area contributed by atoms with E-state index in [2.05, 4.69) is 25.5 Å². The van der Waals surface area contributed by atoms with Crippen molar-refractivity contribution in [2.45, 2.75) is 39.0 Å². The van der Waals surface area contributed by atoms with Crippen molar-refractivity contribution >= 4 is 28.9 Å². The lowest BCUT2D eigenvalue weighted by molar-refractivity contribution is -0.117. The summed E-state index contributed by atoms with van der Waals surface area (Å²) in [4.78, 5) is 23.5. The van der Waals surface area contributed by atoms with Crippen LogP contribution in [0.15, 0.2) is 30.3 Å². The van der Waals surface area contributed by atoms with Crippen molar-refractivity contribution in [1.29, 1.82) is 0 Å². The summed E-state index contributed by atoms with van der Waals surface area (Å²) in [6.07, 6.45) is 5.51. The molecule has 1 aromatic carbocycles. The van der Waals surface area contributed by atoms with E-state index in [0.717, 1.165) is 55.1 Å². The minimum atomic E-state index is 0.110. The molecule has 0 atom stereocenters. The molecule has 1 saturated carbocycles. The van der Waals surface area contributed by atoms with Crippen LogP contribution in [0.1, 0.15) is 37.9 Å². The summed E-state index contributed by atoms with van der Waals surface area (Å²) in [6, 6.07) is 9.72. The predicted molar refractivity (Wildman–Crippen MR) is 115 cm³/mol. The summed E-state index contributed by atoms with van der Waals surface area (Å²) in [5.74, 6) is 3.07. The van der Waals surface area contributed by atoms with Gasteiger partial charge >= 0.3 is 0 Å².